The van der Waals surface area contributed by atoms with E-state index in [0.717, 1.165) is 22.4 Å². The van der Waals surface area contributed by atoms with Gasteiger partial charge in [-0.25, -0.2) is 4.98 Å². The molecule has 0 unspecified atom stereocenters. The van der Waals surface area contributed by atoms with E-state index in [4.69, 9.17) is 5.73 Å². The molecule has 0 bridgehead atoms. The van der Waals surface area contributed by atoms with Gasteiger partial charge in [-0.05, 0) is 42.8 Å². The van der Waals surface area contributed by atoms with Gasteiger partial charge in [0.2, 0.25) is 0 Å². The molecule has 0 saturated heterocycles. The van der Waals surface area contributed by atoms with Crippen LogP contribution in [-0.4, -0.2) is 17.6 Å². The Kier molecular flexibility index (Phi) is 4.54. The van der Waals surface area contributed by atoms with Crippen molar-refractivity contribution in [2.45, 2.75) is 33.4 Å². The molecule has 0 atom stereocenters. The first-order valence-corrected chi connectivity index (χ1v) is 6.00. The van der Waals surface area contributed by atoms with Crippen molar-refractivity contribution in [1.29, 1.82) is 0 Å². The lowest BCUT2D eigenvalue weighted by molar-refractivity contribution is 0.688. The molecule has 1 aromatic heterocycles. The number of aromatic nitrogens is 1. The van der Waals surface area contributed by atoms with Crippen LogP contribution in [0.2, 0.25) is 0 Å². The standard InChI is InChI=1S/C11H18BrN3/c1-4-15(8(2)3)11-9(6-13)5-10(12)7-14-11/h5,7-8H,4,6,13H2,1-3H3. The molecule has 0 spiro atoms. The van der Waals surface area contributed by atoms with Crippen molar-refractivity contribution >= 4 is 21.7 Å². The molecule has 1 aromatic rings. The minimum absolute atomic E-state index is 0.439. The van der Waals surface area contributed by atoms with Gasteiger partial charge in [0.05, 0.1) is 0 Å². The number of hydrogen-bond acceptors (Lipinski definition) is 3. The number of hydrogen-bond donors (Lipinski definition) is 1. The van der Waals surface area contributed by atoms with Gasteiger partial charge in [-0.15, -0.1) is 0 Å². The quantitative estimate of drug-likeness (QED) is 0.915. The van der Waals surface area contributed by atoms with Crippen LogP contribution in [0.15, 0.2) is 16.7 Å². The first-order chi connectivity index (χ1) is 7.10. The molecule has 4 heteroatoms. The minimum Gasteiger partial charge on any atom is -0.354 e. The zero-order valence-electron chi connectivity index (χ0n) is 9.50. The average molecular weight is 272 g/mol. The third-order valence-electron chi connectivity index (χ3n) is 2.37. The van der Waals surface area contributed by atoms with Crippen LogP contribution in [0.4, 0.5) is 5.82 Å². The van der Waals surface area contributed by atoms with Gasteiger partial charge < -0.3 is 10.6 Å². The third kappa shape index (κ3) is 2.92. The molecule has 0 aliphatic rings. The van der Waals surface area contributed by atoms with E-state index in [1.807, 2.05) is 12.3 Å². The van der Waals surface area contributed by atoms with Gasteiger partial charge in [-0.2, -0.15) is 0 Å². The largest absolute Gasteiger partial charge is 0.354 e. The molecule has 1 rings (SSSR count). The van der Waals surface area contributed by atoms with Crippen molar-refractivity contribution in [2.75, 3.05) is 11.4 Å². The predicted molar refractivity (Wildman–Crippen MR) is 68.0 cm³/mol. The summed E-state index contributed by atoms with van der Waals surface area (Å²) < 4.78 is 0.978. The van der Waals surface area contributed by atoms with Crippen LogP contribution in [-0.2, 0) is 6.54 Å². The number of anilines is 1. The number of pyridine rings is 1. The van der Waals surface area contributed by atoms with Gasteiger partial charge >= 0.3 is 0 Å². The molecule has 84 valence electrons. The fourth-order valence-electron chi connectivity index (χ4n) is 1.64. The third-order valence-corrected chi connectivity index (χ3v) is 2.80. The molecule has 0 radical (unpaired) electrons. The Morgan fingerprint density at radius 3 is 2.67 bits per heavy atom. The highest BCUT2D eigenvalue weighted by Gasteiger charge is 2.13. The molecular formula is C11H18BrN3. The molecule has 0 amide bonds. The molecule has 3 nitrogen and oxygen atoms in total. The van der Waals surface area contributed by atoms with Gasteiger partial charge in [-0.3, -0.25) is 0 Å². The van der Waals surface area contributed by atoms with Crippen LogP contribution in [0.5, 0.6) is 0 Å². The lowest BCUT2D eigenvalue weighted by atomic mass is 10.2. The zero-order chi connectivity index (χ0) is 11.4. The fourth-order valence-corrected chi connectivity index (χ4v) is 2.02. The molecule has 0 fully saturated rings. The van der Waals surface area contributed by atoms with E-state index in [9.17, 15) is 0 Å². The lowest BCUT2D eigenvalue weighted by Crippen LogP contribution is -2.32. The predicted octanol–water partition coefficient (Wildman–Crippen LogP) is 2.54. The summed E-state index contributed by atoms with van der Waals surface area (Å²) in [5.41, 5.74) is 6.81. The van der Waals surface area contributed by atoms with Crippen molar-refractivity contribution in [3.63, 3.8) is 0 Å². The highest BCUT2D eigenvalue weighted by Crippen LogP contribution is 2.22. The Morgan fingerprint density at radius 2 is 2.20 bits per heavy atom. The van der Waals surface area contributed by atoms with Gasteiger partial charge in [0, 0.05) is 35.4 Å². The maximum atomic E-state index is 5.72. The summed E-state index contributed by atoms with van der Waals surface area (Å²) in [5.74, 6) is 0.998. The molecule has 15 heavy (non-hydrogen) atoms. The summed E-state index contributed by atoms with van der Waals surface area (Å²) in [4.78, 5) is 6.69. The summed E-state index contributed by atoms with van der Waals surface area (Å²) in [7, 11) is 0. The molecule has 0 saturated carbocycles. The van der Waals surface area contributed by atoms with E-state index in [-0.39, 0.29) is 0 Å². The van der Waals surface area contributed by atoms with E-state index >= 15 is 0 Å². The van der Waals surface area contributed by atoms with Crippen LogP contribution < -0.4 is 10.6 Å². The summed E-state index contributed by atoms with van der Waals surface area (Å²) in [6.07, 6.45) is 1.82. The summed E-state index contributed by atoms with van der Waals surface area (Å²) in [6.45, 7) is 7.91. The van der Waals surface area contributed by atoms with Crippen molar-refractivity contribution in [3.8, 4) is 0 Å². The van der Waals surface area contributed by atoms with E-state index < -0.39 is 0 Å². The monoisotopic (exact) mass is 271 g/mol. The fraction of sp³-hybridized carbons (Fsp3) is 0.545. The second kappa shape index (κ2) is 5.47. The van der Waals surface area contributed by atoms with E-state index in [1.165, 1.54) is 0 Å². The highest BCUT2D eigenvalue weighted by molar-refractivity contribution is 9.10. The normalized spacial score (nSPS) is 10.8. The lowest BCUT2D eigenvalue weighted by Gasteiger charge is -2.28. The second-order valence-electron chi connectivity index (χ2n) is 3.72. The maximum absolute atomic E-state index is 5.72. The van der Waals surface area contributed by atoms with Crippen LogP contribution in [0.3, 0.4) is 0 Å². The van der Waals surface area contributed by atoms with Crippen molar-refractivity contribution in [1.82, 2.24) is 4.98 Å². The maximum Gasteiger partial charge on any atom is 0.133 e. The Bertz CT molecular complexity index is 326. The second-order valence-corrected chi connectivity index (χ2v) is 4.64. The number of nitrogens with zero attached hydrogens (tertiary/aromatic N) is 2. The smallest absolute Gasteiger partial charge is 0.133 e. The summed E-state index contributed by atoms with van der Waals surface area (Å²) in [5, 5.41) is 0. The van der Waals surface area contributed by atoms with Crippen molar-refractivity contribution in [2.24, 2.45) is 5.73 Å². The van der Waals surface area contributed by atoms with E-state index in [2.05, 4.69) is 46.6 Å². The van der Waals surface area contributed by atoms with Crippen LogP contribution in [0.1, 0.15) is 26.3 Å². The Labute approximate surface area is 99.8 Å². The van der Waals surface area contributed by atoms with Crippen LogP contribution in [0, 0.1) is 0 Å². The topological polar surface area (TPSA) is 42.2 Å². The Balaban J connectivity index is 3.11. The van der Waals surface area contributed by atoms with E-state index in [0.29, 0.717) is 12.6 Å². The number of rotatable bonds is 4. The minimum atomic E-state index is 0.439. The van der Waals surface area contributed by atoms with Gasteiger partial charge in [0.25, 0.3) is 0 Å². The Morgan fingerprint density at radius 1 is 1.53 bits per heavy atom. The van der Waals surface area contributed by atoms with Crippen LogP contribution >= 0.6 is 15.9 Å². The first-order valence-electron chi connectivity index (χ1n) is 5.21. The van der Waals surface area contributed by atoms with Gasteiger partial charge in [-0.1, -0.05) is 0 Å². The van der Waals surface area contributed by atoms with Crippen molar-refractivity contribution < 1.29 is 0 Å². The average Bonchev–Trinajstić information content (AvgIpc) is 2.20. The van der Waals surface area contributed by atoms with Crippen LogP contribution in [0.25, 0.3) is 0 Å². The zero-order valence-corrected chi connectivity index (χ0v) is 11.1. The SMILES string of the molecule is CCN(c1ncc(Br)cc1CN)C(C)C. The highest BCUT2D eigenvalue weighted by atomic mass is 79.9. The summed E-state index contributed by atoms with van der Waals surface area (Å²) >= 11 is 3.41. The molecule has 0 aliphatic heterocycles. The summed E-state index contributed by atoms with van der Waals surface area (Å²) in [6, 6.07) is 2.47. The van der Waals surface area contributed by atoms with Gasteiger partial charge in [0.15, 0.2) is 0 Å². The number of halogens is 1. The first kappa shape index (κ1) is 12.5. The molecular weight excluding hydrogens is 254 g/mol. The molecule has 1 heterocycles. The molecule has 2 N–H and O–H groups in total. The molecule has 0 aliphatic carbocycles. The van der Waals surface area contributed by atoms with Crippen molar-refractivity contribution in [3.05, 3.63) is 22.3 Å². The Hall–Kier alpha value is -0.610. The van der Waals surface area contributed by atoms with E-state index in [1.54, 1.807) is 0 Å². The van der Waals surface area contributed by atoms with Gasteiger partial charge in [0.1, 0.15) is 5.82 Å². The number of nitrogens with two attached hydrogens (primary N) is 1. The molecule has 0 aromatic carbocycles.